The third-order valence-corrected chi connectivity index (χ3v) is 2.63. The maximum atomic E-state index is 5.25. The highest BCUT2D eigenvalue weighted by atomic mass is 16.5. The zero-order valence-corrected chi connectivity index (χ0v) is 9.37. The Balaban J connectivity index is 2.75. The van der Waals surface area contributed by atoms with Gasteiger partial charge in [0, 0.05) is 24.2 Å². The van der Waals surface area contributed by atoms with Gasteiger partial charge in [-0.25, -0.2) is 0 Å². The van der Waals surface area contributed by atoms with E-state index in [4.69, 9.17) is 9.47 Å². The van der Waals surface area contributed by atoms with Crippen LogP contribution in [0.15, 0.2) is 12.1 Å². The molecule has 1 heterocycles. The zero-order chi connectivity index (χ0) is 11.0. The number of aryl methyl sites for hydroxylation is 2. The summed E-state index contributed by atoms with van der Waals surface area (Å²) in [7, 11) is 5.18. The van der Waals surface area contributed by atoms with Crippen molar-refractivity contribution in [2.24, 2.45) is 7.05 Å². The van der Waals surface area contributed by atoms with Crippen LogP contribution in [-0.4, -0.2) is 24.0 Å². The molecule has 0 amide bonds. The minimum atomic E-state index is 0.711. The first kappa shape index (κ1) is 9.83. The molecule has 2 rings (SSSR count). The van der Waals surface area contributed by atoms with E-state index in [1.165, 1.54) is 0 Å². The summed E-state index contributed by atoms with van der Waals surface area (Å²) in [5.41, 5.74) is 2.04. The van der Waals surface area contributed by atoms with E-state index in [9.17, 15) is 0 Å². The molecule has 1 aromatic heterocycles. The number of benzene rings is 1. The minimum Gasteiger partial charge on any atom is -0.493 e. The van der Waals surface area contributed by atoms with Crippen molar-refractivity contribution in [3.63, 3.8) is 0 Å². The minimum absolute atomic E-state index is 0.711. The molecule has 0 aliphatic carbocycles. The Morgan fingerprint density at radius 3 is 2.33 bits per heavy atom. The molecule has 0 saturated carbocycles. The number of fused-ring (bicyclic) bond motifs is 1. The Bertz CT molecular complexity index is 503. The van der Waals surface area contributed by atoms with Crippen molar-refractivity contribution < 1.29 is 9.47 Å². The highest BCUT2D eigenvalue weighted by Gasteiger charge is 2.10. The number of rotatable bonds is 2. The lowest BCUT2D eigenvalue weighted by molar-refractivity contribution is 0.356. The van der Waals surface area contributed by atoms with Gasteiger partial charge in [0.25, 0.3) is 0 Å². The number of hydrogen-bond donors (Lipinski definition) is 0. The second-order valence-corrected chi connectivity index (χ2v) is 3.43. The van der Waals surface area contributed by atoms with Gasteiger partial charge >= 0.3 is 0 Å². The van der Waals surface area contributed by atoms with Gasteiger partial charge in [0.2, 0.25) is 0 Å². The van der Waals surface area contributed by atoms with E-state index in [0.29, 0.717) is 5.75 Å². The molecule has 0 aliphatic rings. The van der Waals surface area contributed by atoms with Crippen molar-refractivity contribution >= 4 is 10.9 Å². The van der Waals surface area contributed by atoms with Crippen molar-refractivity contribution in [3.8, 4) is 11.5 Å². The molecule has 4 heteroatoms. The molecule has 0 atom stereocenters. The summed E-state index contributed by atoms with van der Waals surface area (Å²) in [5.74, 6) is 1.45. The molecule has 0 radical (unpaired) electrons. The smallest absolute Gasteiger partial charge is 0.162 e. The molecule has 0 N–H and O–H groups in total. The van der Waals surface area contributed by atoms with Crippen LogP contribution >= 0.6 is 0 Å². The van der Waals surface area contributed by atoms with Crippen LogP contribution in [-0.2, 0) is 7.05 Å². The maximum absolute atomic E-state index is 5.25. The molecule has 0 unspecified atom stereocenters. The normalized spacial score (nSPS) is 10.7. The first-order valence-corrected chi connectivity index (χ1v) is 4.72. The fraction of sp³-hybridized carbons (Fsp3) is 0.364. The summed E-state index contributed by atoms with van der Waals surface area (Å²) >= 11 is 0. The standard InChI is InChI=1S/C11H14N2O2/c1-7-8-5-10(14-3)11(15-4)6-9(8)12-13(7)2/h5-6H,1-4H3. The molecule has 2 aromatic rings. The van der Waals surface area contributed by atoms with E-state index in [0.717, 1.165) is 22.3 Å². The van der Waals surface area contributed by atoms with Crippen LogP contribution in [0.3, 0.4) is 0 Å². The molecule has 0 spiro atoms. The predicted molar refractivity (Wildman–Crippen MR) is 58.6 cm³/mol. The quantitative estimate of drug-likeness (QED) is 0.753. The topological polar surface area (TPSA) is 36.3 Å². The van der Waals surface area contributed by atoms with Crippen LogP contribution in [0, 0.1) is 6.92 Å². The first-order chi connectivity index (χ1) is 7.17. The highest BCUT2D eigenvalue weighted by Crippen LogP contribution is 2.32. The Morgan fingerprint density at radius 2 is 1.73 bits per heavy atom. The number of methoxy groups -OCH3 is 2. The lowest BCUT2D eigenvalue weighted by atomic mass is 10.2. The second kappa shape index (κ2) is 3.46. The van der Waals surface area contributed by atoms with Crippen molar-refractivity contribution in [2.45, 2.75) is 6.92 Å². The molecule has 1 aromatic carbocycles. The molecule has 0 bridgehead atoms. The predicted octanol–water partition coefficient (Wildman–Crippen LogP) is 1.90. The summed E-state index contributed by atoms with van der Waals surface area (Å²) in [6.07, 6.45) is 0. The number of nitrogens with zero attached hydrogens (tertiary/aromatic N) is 2. The fourth-order valence-corrected chi connectivity index (χ4v) is 1.65. The Kier molecular flexibility index (Phi) is 2.26. The Morgan fingerprint density at radius 1 is 1.13 bits per heavy atom. The van der Waals surface area contributed by atoms with Gasteiger partial charge in [-0.15, -0.1) is 0 Å². The lowest BCUT2D eigenvalue weighted by Crippen LogP contribution is -1.91. The van der Waals surface area contributed by atoms with E-state index in [1.54, 1.807) is 14.2 Å². The van der Waals surface area contributed by atoms with Gasteiger partial charge in [-0.05, 0) is 13.0 Å². The summed E-state index contributed by atoms with van der Waals surface area (Å²) in [6.45, 7) is 2.03. The van der Waals surface area contributed by atoms with E-state index in [2.05, 4.69) is 5.10 Å². The molecule has 0 saturated heterocycles. The van der Waals surface area contributed by atoms with Crippen molar-refractivity contribution in [1.82, 2.24) is 9.78 Å². The molecular weight excluding hydrogens is 192 g/mol. The average Bonchev–Trinajstić information content (AvgIpc) is 2.53. The molecular formula is C11H14N2O2. The summed E-state index contributed by atoms with van der Waals surface area (Å²) < 4.78 is 12.3. The van der Waals surface area contributed by atoms with Crippen LogP contribution in [0.1, 0.15) is 5.69 Å². The van der Waals surface area contributed by atoms with Crippen molar-refractivity contribution in [3.05, 3.63) is 17.8 Å². The lowest BCUT2D eigenvalue weighted by Gasteiger charge is -2.06. The maximum Gasteiger partial charge on any atom is 0.162 e. The first-order valence-electron chi connectivity index (χ1n) is 4.72. The third-order valence-electron chi connectivity index (χ3n) is 2.63. The molecule has 15 heavy (non-hydrogen) atoms. The van der Waals surface area contributed by atoms with Gasteiger partial charge in [0.1, 0.15) is 0 Å². The van der Waals surface area contributed by atoms with Gasteiger partial charge in [-0.3, -0.25) is 4.68 Å². The second-order valence-electron chi connectivity index (χ2n) is 3.43. The third kappa shape index (κ3) is 1.42. The highest BCUT2D eigenvalue weighted by molar-refractivity contribution is 5.85. The molecule has 0 fully saturated rings. The summed E-state index contributed by atoms with van der Waals surface area (Å²) in [5, 5.41) is 5.47. The molecule has 0 aliphatic heterocycles. The van der Waals surface area contributed by atoms with Crippen LogP contribution in [0.5, 0.6) is 11.5 Å². The molecule has 80 valence electrons. The van der Waals surface area contributed by atoms with E-state index in [-0.39, 0.29) is 0 Å². The Labute approximate surface area is 88.4 Å². The summed E-state index contributed by atoms with van der Waals surface area (Å²) in [4.78, 5) is 0. The van der Waals surface area contributed by atoms with Crippen LogP contribution in [0.2, 0.25) is 0 Å². The van der Waals surface area contributed by atoms with Crippen molar-refractivity contribution in [1.29, 1.82) is 0 Å². The monoisotopic (exact) mass is 206 g/mol. The van der Waals surface area contributed by atoms with Crippen LogP contribution < -0.4 is 9.47 Å². The van der Waals surface area contributed by atoms with Crippen LogP contribution in [0.25, 0.3) is 10.9 Å². The fourth-order valence-electron chi connectivity index (χ4n) is 1.65. The van der Waals surface area contributed by atoms with Gasteiger partial charge in [-0.1, -0.05) is 0 Å². The Hall–Kier alpha value is -1.71. The van der Waals surface area contributed by atoms with Gasteiger partial charge in [-0.2, -0.15) is 5.10 Å². The number of aromatic nitrogens is 2. The van der Waals surface area contributed by atoms with E-state index >= 15 is 0 Å². The summed E-state index contributed by atoms with van der Waals surface area (Å²) in [6, 6.07) is 3.84. The average molecular weight is 206 g/mol. The van der Waals surface area contributed by atoms with Gasteiger partial charge < -0.3 is 9.47 Å². The van der Waals surface area contributed by atoms with Crippen molar-refractivity contribution in [2.75, 3.05) is 14.2 Å². The van der Waals surface area contributed by atoms with E-state index < -0.39 is 0 Å². The SMILES string of the molecule is COc1cc2nn(C)c(C)c2cc1OC. The van der Waals surface area contributed by atoms with Gasteiger partial charge in [0.05, 0.1) is 19.7 Å². The zero-order valence-electron chi connectivity index (χ0n) is 9.37. The van der Waals surface area contributed by atoms with Crippen LogP contribution in [0.4, 0.5) is 0 Å². The molecule has 4 nitrogen and oxygen atoms in total. The van der Waals surface area contributed by atoms with E-state index in [1.807, 2.05) is 30.8 Å². The number of hydrogen-bond acceptors (Lipinski definition) is 3. The number of ether oxygens (including phenoxy) is 2. The van der Waals surface area contributed by atoms with Gasteiger partial charge in [0.15, 0.2) is 11.5 Å². The largest absolute Gasteiger partial charge is 0.493 e.